The molecule has 0 unspecified atom stereocenters. The van der Waals surface area contributed by atoms with Crippen molar-refractivity contribution in [3.8, 4) is 0 Å². The SMILES string of the molecule is O.O.O.O.O.O.O.O.O.O.O.O.O.O.O.O.O.O.O.O.O.O.O.O.O.O.O.O.O.O.O.O.O.O.O.O.O.O.[CH3-].[CH3-].[Cr].[Cr].[Cr].[Cr].[Cr].[Cr].[Cr].[Cr].[Cr]. The van der Waals surface area contributed by atoms with E-state index in [4.69, 9.17) is 0 Å². The summed E-state index contributed by atoms with van der Waals surface area (Å²) < 4.78 is 0. The van der Waals surface area contributed by atoms with E-state index in [9.17, 15) is 0 Å². The molecule has 0 saturated carbocycles. The summed E-state index contributed by atoms with van der Waals surface area (Å²) in [5.41, 5.74) is 0. The number of hydrogen-bond donors (Lipinski definition) is 0. The molecule has 0 saturated heterocycles. The molecule has 0 amide bonds. The summed E-state index contributed by atoms with van der Waals surface area (Å²) >= 11 is 0. The molecule has 47 heteroatoms. The Balaban J connectivity index is 0. The molecule has 38 nitrogen and oxygen atoms in total. The van der Waals surface area contributed by atoms with Crippen LogP contribution in [0.3, 0.4) is 0 Å². The Kier molecular flexibility index (Phi) is 3170000. The fourth-order valence-corrected chi connectivity index (χ4v) is 0. The molecule has 0 rings (SSSR count). The smallest absolute Gasteiger partial charge is 0 e. The molecular weight excluding hydrogens is 1100 g/mol. The van der Waals surface area contributed by atoms with E-state index in [1.807, 2.05) is 0 Å². The zero-order chi connectivity index (χ0) is 0. The molecule has 0 aliphatic carbocycles. The van der Waals surface area contributed by atoms with E-state index in [0.29, 0.717) is 0 Å². The molecule has 0 spiro atoms. The Morgan fingerprint density at radius 1 is 0.0612 bits per heavy atom. The molecule has 76 N–H and O–H groups in total. The summed E-state index contributed by atoms with van der Waals surface area (Å²) in [5.74, 6) is 0. The fraction of sp³-hybridized carbons (Fsp3) is 0. The molecule has 0 fully saturated rings. The van der Waals surface area contributed by atoms with Gasteiger partial charge in [0.2, 0.25) is 0 Å². The van der Waals surface area contributed by atoms with Gasteiger partial charge < -0.3 is 223 Å². The van der Waals surface area contributed by atoms with Crippen molar-refractivity contribution in [2.45, 2.75) is 0 Å². The Labute approximate surface area is 376 Å². The second kappa shape index (κ2) is 12100. The van der Waals surface area contributed by atoms with Crippen LogP contribution in [-0.2, 0) is 156 Å². The van der Waals surface area contributed by atoms with Crippen molar-refractivity contribution >= 4 is 0 Å². The summed E-state index contributed by atoms with van der Waals surface area (Å²) in [4.78, 5) is 0. The van der Waals surface area contributed by atoms with Gasteiger partial charge in [0, 0.05) is 156 Å². The van der Waals surface area contributed by atoms with E-state index in [-0.39, 0.29) is 379 Å². The van der Waals surface area contributed by atoms with Crippen LogP contribution in [0.5, 0.6) is 0 Å². The van der Waals surface area contributed by atoms with Crippen LogP contribution in [0.4, 0.5) is 0 Å². The van der Waals surface area contributed by atoms with Crippen molar-refractivity contribution in [1.29, 1.82) is 0 Å². The molecule has 0 aromatic heterocycles. The average molecular weight is 1180 g/mol. The van der Waals surface area contributed by atoms with Crippen LogP contribution >= 0.6 is 0 Å². The molecular formula is C2H82Cr9O38-2. The Bertz CT molecular complexity index is 45.2. The van der Waals surface area contributed by atoms with Crippen LogP contribution in [0.15, 0.2) is 0 Å². The van der Waals surface area contributed by atoms with Gasteiger partial charge in [-0.25, -0.2) is 0 Å². The third-order valence-electron chi connectivity index (χ3n) is 0. The monoisotopic (exact) mass is 1180 g/mol. The molecule has 49 heavy (non-hydrogen) atoms. The summed E-state index contributed by atoms with van der Waals surface area (Å²) in [6, 6.07) is 0. The van der Waals surface area contributed by atoms with Gasteiger partial charge in [0.05, 0.1) is 0 Å². The van der Waals surface area contributed by atoms with E-state index in [0.717, 1.165) is 0 Å². The predicted molar refractivity (Wildman–Crippen MR) is 150 cm³/mol. The molecule has 0 aromatic carbocycles. The standard InChI is InChI=1S/2CH3.9Cr.38H2O/h2*1H3;;;;;;;;;;38*1H2/q2*-1;;;;;;;;;;;;;;;;;;;;;;;;;;;;;;;;;;;;;;;;;;;;;;;. The quantitative estimate of drug-likeness (QED) is 0.204. The Morgan fingerprint density at radius 3 is 0.0612 bits per heavy atom. The first-order valence-electron chi connectivity index (χ1n) is 0. The van der Waals surface area contributed by atoms with Crippen LogP contribution in [0, 0.1) is 14.9 Å². The van der Waals surface area contributed by atoms with Gasteiger partial charge in [0.25, 0.3) is 0 Å². The minimum Gasteiger partial charge on any atom is -0.412 e. The first-order valence-corrected chi connectivity index (χ1v) is 0. The van der Waals surface area contributed by atoms with Crippen molar-refractivity contribution in [3.05, 3.63) is 14.9 Å². The van der Waals surface area contributed by atoms with Crippen LogP contribution < -0.4 is 0 Å². The zero-order valence-electron chi connectivity index (χ0n) is 24.7. The van der Waals surface area contributed by atoms with E-state index >= 15 is 0 Å². The van der Waals surface area contributed by atoms with Crippen molar-refractivity contribution in [1.82, 2.24) is 0 Å². The van der Waals surface area contributed by atoms with Gasteiger partial charge in [-0.3, -0.25) is 0 Å². The molecule has 0 aromatic rings. The maximum atomic E-state index is 0. The summed E-state index contributed by atoms with van der Waals surface area (Å²) in [5, 5.41) is 0. The summed E-state index contributed by atoms with van der Waals surface area (Å²) in [6.07, 6.45) is 0. The minimum atomic E-state index is 0. The number of rotatable bonds is 0. The zero-order valence-corrected chi connectivity index (χ0v) is 36.1. The third-order valence-corrected chi connectivity index (χ3v) is 0. The summed E-state index contributed by atoms with van der Waals surface area (Å²) in [7, 11) is 0. The molecule has 0 heterocycles. The van der Waals surface area contributed by atoms with Gasteiger partial charge in [-0.05, 0) is 0 Å². The summed E-state index contributed by atoms with van der Waals surface area (Å²) in [6.45, 7) is 0. The van der Waals surface area contributed by atoms with Crippen LogP contribution in [-0.4, -0.2) is 208 Å². The first kappa shape index (κ1) is 12800. The van der Waals surface area contributed by atoms with Gasteiger partial charge in [-0.2, -0.15) is 0 Å². The minimum absolute atomic E-state index is 0. The average Bonchev–Trinajstić information content (AvgIpc) is 0. The van der Waals surface area contributed by atoms with Crippen LogP contribution in [0.2, 0.25) is 0 Å². The van der Waals surface area contributed by atoms with Crippen molar-refractivity contribution < 1.29 is 364 Å². The fourth-order valence-electron chi connectivity index (χ4n) is 0. The van der Waals surface area contributed by atoms with Gasteiger partial charge in [0.1, 0.15) is 0 Å². The largest absolute Gasteiger partial charge is 0.412 e. The van der Waals surface area contributed by atoms with Crippen LogP contribution in [0.1, 0.15) is 0 Å². The van der Waals surface area contributed by atoms with Gasteiger partial charge in [-0.1, -0.05) is 0 Å². The van der Waals surface area contributed by atoms with Crippen molar-refractivity contribution in [3.63, 3.8) is 0 Å². The maximum Gasteiger partial charge on any atom is 0 e. The van der Waals surface area contributed by atoms with Crippen molar-refractivity contribution in [2.75, 3.05) is 0 Å². The van der Waals surface area contributed by atoms with E-state index in [1.165, 1.54) is 0 Å². The molecule has 0 radical (unpaired) electrons. The first-order chi connectivity index (χ1) is 0. The molecule has 0 bridgehead atoms. The topological polar surface area (TPSA) is 1200 Å². The van der Waals surface area contributed by atoms with Crippen molar-refractivity contribution in [2.24, 2.45) is 0 Å². The van der Waals surface area contributed by atoms with Gasteiger partial charge >= 0.3 is 0 Å². The van der Waals surface area contributed by atoms with Gasteiger partial charge in [0.15, 0.2) is 0 Å². The molecule has 0 aliphatic heterocycles. The van der Waals surface area contributed by atoms with E-state index < -0.39 is 0 Å². The van der Waals surface area contributed by atoms with Crippen LogP contribution in [0.25, 0.3) is 0 Å². The van der Waals surface area contributed by atoms with E-state index in [1.54, 1.807) is 0 Å². The Hall–Kier alpha value is 3.27. The normalized spacial score (nSPS) is 0. The second-order valence-corrected chi connectivity index (χ2v) is 0. The Morgan fingerprint density at radius 2 is 0.0612 bits per heavy atom. The maximum absolute atomic E-state index is 0. The third kappa shape index (κ3) is 11600. The molecule has 0 atom stereocenters. The predicted octanol–water partition coefficient (Wildman–Crippen LogP) is -30.5. The van der Waals surface area contributed by atoms with Gasteiger partial charge in [-0.15, -0.1) is 0 Å². The second-order valence-electron chi connectivity index (χ2n) is 0. The number of hydrogen-bond acceptors (Lipinski definition) is 0. The molecule has 374 valence electrons. The molecule has 0 aliphatic rings. The van der Waals surface area contributed by atoms with E-state index in [2.05, 4.69) is 0 Å².